The van der Waals surface area contributed by atoms with Gasteiger partial charge in [0, 0.05) is 30.8 Å². The van der Waals surface area contributed by atoms with Crippen molar-refractivity contribution >= 4 is 17.2 Å². The maximum Gasteiger partial charge on any atom is 0.0915 e. The second-order valence-electron chi connectivity index (χ2n) is 5.25. The first-order valence-electron chi connectivity index (χ1n) is 7.58. The molecule has 2 heterocycles. The van der Waals surface area contributed by atoms with Crippen LogP contribution in [0.1, 0.15) is 30.8 Å². The molecule has 1 atom stereocenters. The van der Waals surface area contributed by atoms with Gasteiger partial charge in [-0.1, -0.05) is 24.3 Å². The lowest BCUT2D eigenvalue weighted by atomic mass is 10.0. The lowest BCUT2D eigenvalue weighted by Crippen LogP contribution is -2.17. The number of nitrogens with zero attached hydrogens (tertiary/aromatic N) is 2. The molecule has 1 aromatic heterocycles. The van der Waals surface area contributed by atoms with Crippen molar-refractivity contribution in [2.24, 2.45) is 0 Å². The highest BCUT2D eigenvalue weighted by molar-refractivity contribution is 6.22. The van der Waals surface area contributed by atoms with Crippen LogP contribution in [0.25, 0.3) is 5.57 Å². The van der Waals surface area contributed by atoms with Gasteiger partial charge >= 0.3 is 0 Å². The van der Waals surface area contributed by atoms with E-state index in [0.717, 1.165) is 38.2 Å². The summed E-state index contributed by atoms with van der Waals surface area (Å²) >= 11 is 6.00. The van der Waals surface area contributed by atoms with Gasteiger partial charge < -0.3 is 5.32 Å². The number of hydrogen-bond acceptors (Lipinski definition) is 2. The van der Waals surface area contributed by atoms with Gasteiger partial charge in [0.1, 0.15) is 0 Å². The van der Waals surface area contributed by atoms with Gasteiger partial charge in [0.2, 0.25) is 0 Å². The van der Waals surface area contributed by atoms with Crippen molar-refractivity contribution in [1.29, 1.82) is 0 Å². The van der Waals surface area contributed by atoms with Gasteiger partial charge in [-0.2, -0.15) is 5.10 Å². The molecule has 0 bridgehead atoms. The van der Waals surface area contributed by atoms with Gasteiger partial charge in [-0.05, 0) is 32.4 Å². The molecule has 0 spiro atoms. The summed E-state index contributed by atoms with van der Waals surface area (Å²) in [7, 11) is 0. The summed E-state index contributed by atoms with van der Waals surface area (Å²) in [5, 5.41) is 8.14. The number of rotatable bonds is 5. The molecule has 0 fully saturated rings. The molecule has 1 aromatic rings. The smallest absolute Gasteiger partial charge is 0.0915 e. The number of aryl methyl sites for hydroxylation is 1. The lowest BCUT2D eigenvalue weighted by Gasteiger charge is -2.03. The Bertz CT molecular complexity index is 555. The summed E-state index contributed by atoms with van der Waals surface area (Å²) in [6.45, 7) is 10.9. The molecule has 1 aliphatic rings. The minimum Gasteiger partial charge on any atom is -0.316 e. The van der Waals surface area contributed by atoms with E-state index in [-0.39, 0.29) is 5.38 Å². The Labute approximate surface area is 132 Å². The first kappa shape index (κ1) is 16.1. The van der Waals surface area contributed by atoms with Crippen molar-refractivity contribution < 1.29 is 0 Å². The highest BCUT2D eigenvalue weighted by atomic mass is 35.5. The Balaban J connectivity index is 2.30. The minimum atomic E-state index is -0.122. The first-order chi connectivity index (χ1) is 10.2. The molecule has 1 N–H and O–H groups in total. The third-order valence-corrected chi connectivity index (χ3v) is 4.12. The van der Waals surface area contributed by atoms with E-state index >= 15 is 0 Å². The van der Waals surface area contributed by atoms with E-state index < -0.39 is 0 Å². The van der Waals surface area contributed by atoms with Gasteiger partial charge in [0.15, 0.2) is 0 Å². The highest BCUT2D eigenvalue weighted by Gasteiger charge is 2.19. The Hall–Kier alpha value is -1.32. The molecular formula is C17H24ClN3. The van der Waals surface area contributed by atoms with E-state index in [1.807, 2.05) is 12.2 Å². The molecule has 0 aromatic carbocycles. The zero-order chi connectivity index (χ0) is 15.2. The van der Waals surface area contributed by atoms with Crippen LogP contribution in [-0.2, 0) is 19.4 Å². The van der Waals surface area contributed by atoms with Gasteiger partial charge in [-0.3, -0.25) is 4.68 Å². The van der Waals surface area contributed by atoms with E-state index in [0.29, 0.717) is 0 Å². The number of halogens is 1. The molecule has 1 unspecified atom stereocenters. The molecule has 114 valence electrons. The van der Waals surface area contributed by atoms with Crippen molar-refractivity contribution in [1.82, 2.24) is 15.1 Å². The van der Waals surface area contributed by atoms with E-state index in [1.54, 1.807) is 6.08 Å². The average Bonchev–Trinajstić information content (AvgIpc) is 2.67. The highest BCUT2D eigenvalue weighted by Crippen LogP contribution is 2.24. The van der Waals surface area contributed by atoms with Crippen LogP contribution in [0.5, 0.6) is 0 Å². The van der Waals surface area contributed by atoms with Crippen LogP contribution in [-0.4, -0.2) is 28.2 Å². The summed E-state index contributed by atoms with van der Waals surface area (Å²) in [6, 6.07) is 0. The monoisotopic (exact) mass is 305 g/mol. The Morgan fingerprint density at radius 3 is 2.95 bits per heavy atom. The van der Waals surface area contributed by atoms with Crippen LogP contribution in [0.2, 0.25) is 0 Å². The lowest BCUT2D eigenvalue weighted by molar-refractivity contribution is 0.607. The van der Waals surface area contributed by atoms with Crippen LogP contribution < -0.4 is 5.32 Å². The van der Waals surface area contributed by atoms with Gasteiger partial charge in [0.05, 0.1) is 11.1 Å². The quantitative estimate of drug-likeness (QED) is 0.514. The number of allylic oxidation sites excluding steroid dienone is 5. The first-order valence-corrected chi connectivity index (χ1v) is 8.02. The number of nitrogens with one attached hydrogen (secondary N) is 1. The van der Waals surface area contributed by atoms with Gasteiger partial charge in [0.25, 0.3) is 0 Å². The normalized spacial score (nSPS) is 17.6. The third-order valence-electron chi connectivity index (χ3n) is 3.80. The molecule has 0 saturated heterocycles. The molecule has 21 heavy (non-hydrogen) atoms. The fraction of sp³-hybridized carbons (Fsp3) is 0.471. The number of aromatic nitrogens is 2. The minimum absolute atomic E-state index is 0.122. The molecule has 0 saturated carbocycles. The SMILES string of the molecule is C=CC(Cl)C=C/C=C(\C)c1nn(CC)c2c1CCNCC2. The molecule has 0 radical (unpaired) electrons. The molecule has 2 rings (SSSR count). The van der Waals surface area contributed by atoms with Crippen molar-refractivity contribution in [2.75, 3.05) is 13.1 Å². The average molecular weight is 306 g/mol. The summed E-state index contributed by atoms with van der Waals surface area (Å²) in [5.41, 5.74) is 5.10. The molecule has 4 heteroatoms. The maximum absolute atomic E-state index is 6.00. The molecule has 0 amide bonds. The van der Waals surface area contributed by atoms with E-state index in [4.69, 9.17) is 16.7 Å². The topological polar surface area (TPSA) is 29.9 Å². The second kappa shape index (κ2) is 7.62. The molecular weight excluding hydrogens is 282 g/mol. The maximum atomic E-state index is 6.00. The van der Waals surface area contributed by atoms with Gasteiger partial charge in [-0.15, -0.1) is 18.2 Å². The van der Waals surface area contributed by atoms with Crippen molar-refractivity contribution in [3.8, 4) is 0 Å². The van der Waals surface area contributed by atoms with E-state index in [9.17, 15) is 0 Å². The molecule has 1 aliphatic heterocycles. The largest absolute Gasteiger partial charge is 0.316 e. The van der Waals surface area contributed by atoms with Crippen molar-refractivity contribution in [3.05, 3.63) is 47.8 Å². The number of alkyl halides is 1. The fourth-order valence-corrected chi connectivity index (χ4v) is 2.75. The van der Waals surface area contributed by atoms with E-state index in [1.165, 1.54) is 16.8 Å². The third kappa shape index (κ3) is 3.86. The fourth-order valence-electron chi connectivity index (χ4n) is 2.66. The summed E-state index contributed by atoms with van der Waals surface area (Å²) in [4.78, 5) is 0. The Morgan fingerprint density at radius 1 is 1.48 bits per heavy atom. The second-order valence-corrected chi connectivity index (χ2v) is 5.76. The predicted octanol–water partition coefficient (Wildman–Crippen LogP) is 3.34. The molecule has 3 nitrogen and oxygen atoms in total. The number of fused-ring (bicyclic) bond motifs is 1. The van der Waals surface area contributed by atoms with Crippen LogP contribution >= 0.6 is 11.6 Å². The van der Waals surface area contributed by atoms with Crippen LogP contribution in [0.3, 0.4) is 0 Å². The van der Waals surface area contributed by atoms with Crippen LogP contribution in [0, 0.1) is 0 Å². The van der Waals surface area contributed by atoms with Gasteiger partial charge in [-0.25, -0.2) is 0 Å². The van der Waals surface area contributed by atoms with Crippen LogP contribution in [0.4, 0.5) is 0 Å². The number of hydrogen-bond donors (Lipinski definition) is 1. The van der Waals surface area contributed by atoms with Crippen molar-refractivity contribution in [3.63, 3.8) is 0 Å². The standard InChI is InChI=1S/C17H24ClN3/c1-4-14(18)8-6-7-13(3)17-15-9-11-19-12-10-16(15)21(5-2)20-17/h4,6-8,14,19H,1,5,9-12H2,2-3H3/b8-6?,13-7+. The summed E-state index contributed by atoms with van der Waals surface area (Å²) < 4.78 is 2.15. The van der Waals surface area contributed by atoms with Crippen LogP contribution in [0.15, 0.2) is 30.9 Å². The predicted molar refractivity (Wildman–Crippen MR) is 90.8 cm³/mol. The Kier molecular flexibility index (Phi) is 5.83. The van der Waals surface area contributed by atoms with Crippen molar-refractivity contribution in [2.45, 2.75) is 38.6 Å². The molecule has 0 aliphatic carbocycles. The Morgan fingerprint density at radius 2 is 2.24 bits per heavy atom. The van der Waals surface area contributed by atoms with E-state index in [2.05, 4.69) is 36.5 Å². The zero-order valence-electron chi connectivity index (χ0n) is 12.9. The summed E-state index contributed by atoms with van der Waals surface area (Å²) in [6.07, 6.45) is 9.81. The zero-order valence-corrected chi connectivity index (χ0v) is 13.7. The summed E-state index contributed by atoms with van der Waals surface area (Å²) in [5.74, 6) is 0.